The number of rotatable bonds is 4. The molecule has 2 N–H and O–H groups in total. The lowest BCUT2D eigenvalue weighted by Gasteiger charge is -2.17. The van der Waals surface area contributed by atoms with Gasteiger partial charge in [0.1, 0.15) is 5.75 Å². The van der Waals surface area contributed by atoms with Crippen LogP contribution in [-0.2, 0) is 11.8 Å². The summed E-state index contributed by atoms with van der Waals surface area (Å²) in [5.41, 5.74) is 3.08. The van der Waals surface area contributed by atoms with Crippen molar-refractivity contribution >= 4 is 33.8 Å². The van der Waals surface area contributed by atoms with E-state index >= 15 is 0 Å². The highest BCUT2D eigenvalue weighted by Gasteiger charge is 2.23. The molecule has 0 aliphatic heterocycles. The average molecular weight is 373 g/mol. The zero-order chi connectivity index (χ0) is 18.0. The van der Waals surface area contributed by atoms with E-state index in [-0.39, 0.29) is 11.2 Å². The van der Waals surface area contributed by atoms with Crippen molar-refractivity contribution in [2.24, 2.45) is 0 Å². The Morgan fingerprint density at radius 3 is 2.48 bits per heavy atom. The molecule has 3 nitrogen and oxygen atoms in total. The number of anilines is 2. The molecule has 1 heterocycles. The minimum absolute atomic E-state index is 0.0446. The summed E-state index contributed by atoms with van der Waals surface area (Å²) in [5, 5.41) is 14.5. The molecular formula is C20H21ClN2OS. The second-order valence-electron chi connectivity index (χ2n) is 7.02. The first-order chi connectivity index (χ1) is 11.8. The van der Waals surface area contributed by atoms with E-state index in [0.29, 0.717) is 0 Å². The van der Waals surface area contributed by atoms with Gasteiger partial charge in [-0.3, -0.25) is 0 Å². The van der Waals surface area contributed by atoms with Crippen LogP contribution in [0.15, 0.2) is 48.5 Å². The van der Waals surface area contributed by atoms with E-state index < -0.39 is 0 Å². The highest BCUT2D eigenvalue weighted by Crippen LogP contribution is 2.35. The normalized spacial score (nSPS) is 11.5. The lowest BCUT2D eigenvalue weighted by Crippen LogP contribution is -2.14. The van der Waals surface area contributed by atoms with Gasteiger partial charge in [0.05, 0.1) is 5.69 Å². The number of hydrogen-bond donors (Lipinski definition) is 2. The lowest BCUT2D eigenvalue weighted by molar-refractivity contribution is 0.475. The van der Waals surface area contributed by atoms with Crippen molar-refractivity contribution in [1.29, 1.82) is 0 Å². The standard InChI is InChI=1S/C20H21ClN2OS/c1-20(2,3)18-17(11-13-7-9-14(21)10-8-13)25-19(23-18)22-15-5-4-6-16(24)12-15/h4-10,12,24H,11H2,1-3H3,(H,22,23). The predicted molar refractivity (Wildman–Crippen MR) is 106 cm³/mol. The second-order valence-corrected chi connectivity index (χ2v) is 8.54. The molecule has 130 valence electrons. The van der Waals surface area contributed by atoms with Crippen molar-refractivity contribution in [1.82, 2.24) is 4.98 Å². The predicted octanol–water partition coefficient (Wildman–Crippen LogP) is 6.13. The molecule has 0 unspecified atom stereocenters. The van der Waals surface area contributed by atoms with Gasteiger partial charge in [-0.15, -0.1) is 11.3 Å². The highest BCUT2D eigenvalue weighted by molar-refractivity contribution is 7.15. The van der Waals surface area contributed by atoms with Crippen LogP contribution in [-0.4, -0.2) is 10.1 Å². The first kappa shape index (κ1) is 17.8. The third kappa shape index (κ3) is 4.53. The Hall–Kier alpha value is -2.04. The number of hydrogen-bond acceptors (Lipinski definition) is 4. The van der Waals surface area contributed by atoms with Crippen LogP contribution in [0.4, 0.5) is 10.8 Å². The molecule has 3 aromatic rings. The van der Waals surface area contributed by atoms with E-state index in [9.17, 15) is 5.11 Å². The maximum Gasteiger partial charge on any atom is 0.187 e. The molecule has 0 aliphatic carbocycles. The fraction of sp³-hybridized carbons (Fsp3) is 0.250. The third-order valence-electron chi connectivity index (χ3n) is 3.78. The van der Waals surface area contributed by atoms with Crippen LogP contribution in [0.1, 0.15) is 36.9 Å². The minimum Gasteiger partial charge on any atom is -0.508 e. The molecule has 0 bridgehead atoms. The van der Waals surface area contributed by atoms with Gasteiger partial charge in [0.15, 0.2) is 5.13 Å². The number of nitrogens with zero attached hydrogens (tertiary/aromatic N) is 1. The summed E-state index contributed by atoms with van der Waals surface area (Å²) in [6.45, 7) is 6.52. The molecular weight excluding hydrogens is 352 g/mol. The minimum atomic E-state index is -0.0446. The van der Waals surface area contributed by atoms with Crippen LogP contribution < -0.4 is 5.32 Å². The topological polar surface area (TPSA) is 45.2 Å². The van der Waals surface area contributed by atoms with Crippen molar-refractivity contribution in [2.75, 3.05) is 5.32 Å². The SMILES string of the molecule is CC(C)(C)c1nc(Nc2cccc(O)c2)sc1Cc1ccc(Cl)cc1. The Balaban J connectivity index is 1.91. The van der Waals surface area contributed by atoms with E-state index in [4.69, 9.17) is 16.6 Å². The summed E-state index contributed by atoms with van der Waals surface area (Å²) < 4.78 is 0. The number of phenolic OH excluding ortho intramolecular Hbond substituents is 1. The Kier molecular flexibility index (Phi) is 5.02. The molecule has 0 spiro atoms. The molecule has 0 amide bonds. The van der Waals surface area contributed by atoms with Gasteiger partial charge in [-0.25, -0.2) is 4.98 Å². The molecule has 5 heteroatoms. The van der Waals surface area contributed by atoms with Gasteiger partial charge < -0.3 is 10.4 Å². The molecule has 0 fully saturated rings. The maximum absolute atomic E-state index is 9.63. The van der Waals surface area contributed by atoms with E-state index in [1.54, 1.807) is 23.5 Å². The van der Waals surface area contributed by atoms with Gasteiger partial charge in [-0.05, 0) is 29.8 Å². The van der Waals surface area contributed by atoms with Gasteiger partial charge in [0, 0.05) is 33.5 Å². The first-order valence-electron chi connectivity index (χ1n) is 8.12. The van der Waals surface area contributed by atoms with Gasteiger partial charge in [-0.2, -0.15) is 0 Å². The number of halogens is 1. The first-order valence-corrected chi connectivity index (χ1v) is 9.31. The Bertz CT molecular complexity index is 866. The molecule has 0 aliphatic rings. The Morgan fingerprint density at radius 2 is 1.84 bits per heavy atom. The maximum atomic E-state index is 9.63. The van der Waals surface area contributed by atoms with Gasteiger partial charge in [-0.1, -0.05) is 50.6 Å². The van der Waals surface area contributed by atoms with Crippen LogP contribution in [0, 0.1) is 0 Å². The number of benzene rings is 2. The molecule has 25 heavy (non-hydrogen) atoms. The third-order valence-corrected chi connectivity index (χ3v) is 5.01. The molecule has 3 rings (SSSR count). The summed E-state index contributed by atoms with van der Waals surface area (Å²) >= 11 is 7.63. The van der Waals surface area contributed by atoms with Gasteiger partial charge >= 0.3 is 0 Å². The molecule has 0 saturated carbocycles. The van der Waals surface area contributed by atoms with Gasteiger partial charge in [0.2, 0.25) is 0 Å². The van der Waals surface area contributed by atoms with E-state index in [1.807, 2.05) is 24.3 Å². The van der Waals surface area contributed by atoms with Crippen molar-refractivity contribution in [3.05, 3.63) is 69.7 Å². The van der Waals surface area contributed by atoms with Crippen LogP contribution in [0.3, 0.4) is 0 Å². The number of phenols is 1. The van der Waals surface area contributed by atoms with E-state index in [0.717, 1.165) is 28.0 Å². The van der Waals surface area contributed by atoms with Crippen LogP contribution >= 0.6 is 22.9 Å². The summed E-state index contributed by atoms with van der Waals surface area (Å²) in [6, 6.07) is 15.0. The van der Waals surface area contributed by atoms with Crippen molar-refractivity contribution in [3.63, 3.8) is 0 Å². The summed E-state index contributed by atoms with van der Waals surface area (Å²) in [6.07, 6.45) is 0.823. The van der Waals surface area contributed by atoms with Crippen LogP contribution in [0.2, 0.25) is 5.02 Å². The smallest absolute Gasteiger partial charge is 0.187 e. The van der Waals surface area contributed by atoms with Crippen molar-refractivity contribution in [3.8, 4) is 5.75 Å². The Morgan fingerprint density at radius 1 is 1.12 bits per heavy atom. The highest BCUT2D eigenvalue weighted by atomic mass is 35.5. The zero-order valence-electron chi connectivity index (χ0n) is 14.5. The zero-order valence-corrected chi connectivity index (χ0v) is 16.1. The average Bonchev–Trinajstić information content (AvgIpc) is 2.92. The lowest BCUT2D eigenvalue weighted by atomic mass is 9.90. The van der Waals surface area contributed by atoms with Crippen LogP contribution in [0.25, 0.3) is 0 Å². The Labute approximate surface area is 157 Å². The molecule has 2 aromatic carbocycles. The number of nitrogens with one attached hydrogen (secondary N) is 1. The second kappa shape index (κ2) is 7.06. The number of thiazole rings is 1. The van der Waals surface area contributed by atoms with Crippen molar-refractivity contribution < 1.29 is 5.11 Å². The van der Waals surface area contributed by atoms with Gasteiger partial charge in [0.25, 0.3) is 0 Å². The molecule has 0 radical (unpaired) electrons. The molecule has 1 aromatic heterocycles. The monoisotopic (exact) mass is 372 g/mol. The fourth-order valence-corrected chi connectivity index (χ4v) is 3.96. The van der Waals surface area contributed by atoms with E-state index in [2.05, 4.69) is 38.2 Å². The largest absolute Gasteiger partial charge is 0.508 e. The quantitative estimate of drug-likeness (QED) is 0.578. The number of aromatic nitrogens is 1. The van der Waals surface area contributed by atoms with Crippen LogP contribution in [0.5, 0.6) is 5.75 Å². The summed E-state index contributed by atoms with van der Waals surface area (Å²) in [7, 11) is 0. The number of aromatic hydroxyl groups is 1. The summed E-state index contributed by atoms with van der Waals surface area (Å²) in [5.74, 6) is 0.235. The van der Waals surface area contributed by atoms with Crippen molar-refractivity contribution in [2.45, 2.75) is 32.6 Å². The molecule has 0 atom stereocenters. The summed E-state index contributed by atoms with van der Waals surface area (Å²) in [4.78, 5) is 6.05. The fourth-order valence-electron chi connectivity index (χ4n) is 2.61. The molecule has 0 saturated heterocycles. The van der Waals surface area contributed by atoms with E-state index in [1.165, 1.54) is 10.4 Å².